The first-order chi connectivity index (χ1) is 8.13. The number of amides is 1. The number of halogens is 1. The van der Waals surface area contributed by atoms with Gasteiger partial charge >= 0.3 is 0 Å². The van der Waals surface area contributed by atoms with Crippen LogP contribution in [0.4, 0.5) is 4.39 Å². The van der Waals surface area contributed by atoms with Crippen LogP contribution in [0.15, 0.2) is 18.2 Å². The summed E-state index contributed by atoms with van der Waals surface area (Å²) in [6, 6.07) is 4.99. The first-order valence-electron chi connectivity index (χ1n) is 6.18. The molecule has 1 atom stereocenters. The Morgan fingerprint density at radius 3 is 2.94 bits per heavy atom. The smallest absolute Gasteiger partial charge is 0.256 e. The lowest BCUT2D eigenvalue weighted by Crippen LogP contribution is -2.29. The Hall–Kier alpha value is -1.38. The van der Waals surface area contributed by atoms with Crippen LogP contribution in [0.1, 0.15) is 35.7 Å². The van der Waals surface area contributed by atoms with Gasteiger partial charge in [-0.2, -0.15) is 0 Å². The summed E-state index contributed by atoms with van der Waals surface area (Å²) in [6.07, 6.45) is 2.12. The van der Waals surface area contributed by atoms with Gasteiger partial charge in [-0.25, -0.2) is 4.39 Å². The van der Waals surface area contributed by atoms with E-state index in [4.69, 9.17) is 0 Å². The number of benzene rings is 1. The number of hydrogen-bond donors (Lipinski definition) is 0. The highest BCUT2D eigenvalue weighted by molar-refractivity contribution is 5.94. The van der Waals surface area contributed by atoms with E-state index < -0.39 is 0 Å². The van der Waals surface area contributed by atoms with E-state index in [2.05, 4.69) is 6.92 Å². The Morgan fingerprint density at radius 1 is 1.53 bits per heavy atom. The zero-order valence-electron chi connectivity index (χ0n) is 10.4. The molecule has 0 radical (unpaired) electrons. The third-order valence-electron chi connectivity index (χ3n) is 3.57. The van der Waals surface area contributed by atoms with Gasteiger partial charge in [0, 0.05) is 13.1 Å². The number of carbonyl (C=O) groups excluding carboxylic acids is 1. The summed E-state index contributed by atoms with van der Waals surface area (Å²) in [5, 5.41) is 0. The maximum atomic E-state index is 13.8. The fourth-order valence-electron chi connectivity index (χ4n) is 2.33. The Labute approximate surface area is 101 Å². The third kappa shape index (κ3) is 2.33. The highest BCUT2D eigenvalue weighted by atomic mass is 19.1. The molecule has 0 saturated carbocycles. The van der Waals surface area contributed by atoms with E-state index in [1.807, 2.05) is 0 Å². The van der Waals surface area contributed by atoms with Crippen molar-refractivity contribution in [2.45, 2.75) is 26.7 Å². The van der Waals surface area contributed by atoms with Crippen molar-refractivity contribution in [1.29, 1.82) is 0 Å². The Kier molecular flexibility index (Phi) is 3.46. The van der Waals surface area contributed by atoms with Gasteiger partial charge in [0.15, 0.2) is 0 Å². The van der Waals surface area contributed by atoms with E-state index in [1.165, 1.54) is 0 Å². The molecular formula is C14H18FNO. The normalized spacial score (nSPS) is 19.7. The fraction of sp³-hybridized carbons (Fsp3) is 0.500. The van der Waals surface area contributed by atoms with Crippen LogP contribution >= 0.6 is 0 Å². The molecule has 1 aromatic rings. The van der Waals surface area contributed by atoms with Crippen molar-refractivity contribution >= 4 is 5.91 Å². The first kappa shape index (κ1) is 12.1. The van der Waals surface area contributed by atoms with Crippen LogP contribution < -0.4 is 0 Å². The van der Waals surface area contributed by atoms with Gasteiger partial charge in [0.1, 0.15) is 5.82 Å². The molecule has 1 saturated heterocycles. The molecule has 1 heterocycles. The standard InChI is InChI=1S/C14H18FNO/c1-3-11-7-8-16(9-11)14(17)12-6-4-5-10(2)13(12)15/h4-6,11H,3,7-9H2,1-2H3. The highest BCUT2D eigenvalue weighted by Crippen LogP contribution is 2.22. The number of rotatable bonds is 2. The second-order valence-electron chi connectivity index (χ2n) is 4.75. The van der Waals surface area contributed by atoms with Crippen LogP contribution in [0, 0.1) is 18.7 Å². The summed E-state index contributed by atoms with van der Waals surface area (Å²) >= 11 is 0. The molecule has 0 bridgehead atoms. The number of hydrogen-bond acceptors (Lipinski definition) is 1. The van der Waals surface area contributed by atoms with Crippen LogP contribution in [0.2, 0.25) is 0 Å². The monoisotopic (exact) mass is 235 g/mol. The van der Waals surface area contributed by atoms with Gasteiger partial charge in [-0.05, 0) is 30.9 Å². The SMILES string of the molecule is CCC1CCN(C(=O)c2cccc(C)c2F)C1. The average Bonchev–Trinajstić information content (AvgIpc) is 2.80. The highest BCUT2D eigenvalue weighted by Gasteiger charge is 2.27. The minimum atomic E-state index is -0.377. The topological polar surface area (TPSA) is 20.3 Å². The molecule has 1 aliphatic rings. The van der Waals surface area contributed by atoms with Crippen LogP contribution in [-0.4, -0.2) is 23.9 Å². The van der Waals surface area contributed by atoms with Gasteiger partial charge in [0.25, 0.3) is 5.91 Å². The largest absolute Gasteiger partial charge is 0.338 e. The van der Waals surface area contributed by atoms with Crippen molar-refractivity contribution in [3.8, 4) is 0 Å². The number of nitrogens with zero attached hydrogens (tertiary/aromatic N) is 1. The quantitative estimate of drug-likeness (QED) is 0.771. The number of carbonyl (C=O) groups is 1. The van der Waals surface area contributed by atoms with Gasteiger partial charge in [0.05, 0.1) is 5.56 Å². The molecular weight excluding hydrogens is 217 g/mol. The van der Waals surface area contributed by atoms with E-state index in [1.54, 1.807) is 30.0 Å². The van der Waals surface area contributed by atoms with Crippen LogP contribution in [0.5, 0.6) is 0 Å². The average molecular weight is 235 g/mol. The first-order valence-corrected chi connectivity index (χ1v) is 6.18. The lowest BCUT2D eigenvalue weighted by atomic mass is 10.1. The summed E-state index contributed by atoms with van der Waals surface area (Å²) in [6.45, 7) is 5.34. The van der Waals surface area contributed by atoms with Gasteiger partial charge in [-0.15, -0.1) is 0 Å². The molecule has 1 aliphatic heterocycles. The van der Waals surface area contributed by atoms with E-state index in [0.29, 0.717) is 11.5 Å². The molecule has 0 spiro atoms. The maximum Gasteiger partial charge on any atom is 0.256 e. The second kappa shape index (κ2) is 4.86. The van der Waals surface area contributed by atoms with Gasteiger partial charge < -0.3 is 4.90 Å². The van der Waals surface area contributed by atoms with Gasteiger partial charge in [-0.3, -0.25) is 4.79 Å². The molecule has 2 rings (SSSR count). The molecule has 1 amide bonds. The van der Waals surface area contributed by atoms with Crippen molar-refractivity contribution in [3.63, 3.8) is 0 Å². The third-order valence-corrected chi connectivity index (χ3v) is 3.57. The minimum absolute atomic E-state index is 0.165. The van der Waals surface area contributed by atoms with E-state index >= 15 is 0 Å². The Bertz CT molecular complexity index is 430. The minimum Gasteiger partial charge on any atom is -0.338 e. The predicted molar refractivity (Wildman–Crippen MR) is 65.4 cm³/mol. The van der Waals surface area contributed by atoms with Crippen molar-refractivity contribution in [1.82, 2.24) is 4.90 Å². The molecule has 92 valence electrons. The molecule has 1 unspecified atom stereocenters. The number of likely N-dealkylation sites (tertiary alicyclic amines) is 1. The van der Waals surface area contributed by atoms with Crippen LogP contribution in [0.25, 0.3) is 0 Å². The van der Waals surface area contributed by atoms with Crippen LogP contribution in [0.3, 0.4) is 0 Å². The fourth-order valence-corrected chi connectivity index (χ4v) is 2.33. The Balaban J connectivity index is 2.18. The van der Waals surface area contributed by atoms with E-state index in [0.717, 1.165) is 25.9 Å². The molecule has 17 heavy (non-hydrogen) atoms. The second-order valence-corrected chi connectivity index (χ2v) is 4.75. The van der Waals surface area contributed by atoms with Crippen LogP contribution in [-0.2, 0) is 0 Å². The zero-order valence-corrected chi connectivity index (χ0v) is 10.4. The lowest BCUT2D eigenvalue weighted by Gasteiger charge is -2.17. The maximum absolute atomic E-state index is 13.8. The summed E-state index contributed by atoms with van der Waals surface area (Å²) < 4.78 is 13.8. The lowest BCUT2D eigenvalue weighted by molar-refractivity contribution is 0.0782. The molecule has 3 heteroatoms. The van der Waals surface area contributed by atoms with Crippen molar-refractivity contribution in [2.75, 3.05) is 13.1 Å². The summed E-state index contributed by atoms with van der Waals surface area (Å²) in [5.74, 6) is 0.0337. The van der Waals surface area contributed by atoms with Crippen molar-refractivity contribution in [2.24, 2.45) is 5.92 Å². The van der Waals surface area contributed by atoms with Crippen molar-refractivity contribution < 1.29 is 9.18 Å². The summed E-state index contributed by atoms with van der Waals surface area (Å²) in [5.41, 5.74) is 0.740. The molecule has 1 fully saturated rings. The molecule has 2 nitrogen and oxygen atoms in total. The molecule has 0 N–H and O–H groups in total. The van der Waals surface area contributed by atoms with Gasteiger partial charge in [0.2, 0.25) is 0 Å². The van der Waals surface area contributed by atoms with Crippen molar-refractivity contribution in [3.05, 3.63) is 35.1 Å². The number of aryl methyl sites for hydroxylation is 1. The molecule has 1 aromatic carbocycles. The Morgan fingerprint density at radius 2 is 2.29 bits per heavy atom. The molecule has 0 aliphatic carbocycles. The van der Waals surface area contributed by atoms with E-state index in [9.17, 15) is 9.18 Å². The molecule has 0 aromatic heterocycles. The summed E-state index contributed by atoms with van der Waals surface area (Å²) in [7, 11) is 0. The van der Waals surface area contributed by atoms with Gasteiger partial charge in [-0.1, -0.05) is 25.5 Å². The zero-order chi connectivity index (χ0) is 12.4. The summed E-state index contributed by atoms with van der Waals surface area (Å²) in [4.78, 5) is 13.9. The van der Waals surface area contributed by atoms with E-state index in [-0.39, 0.29) is 17.3 Å². The predicted octanol–water partition coefficient (Wildman–Crippen LogP) is 3.01.